The van der Waals surface area contributed by atoms with Gasteiger partial charge in [-0.15, -0.1) is 11.3 Å². The summed E-state index contributed by atoms with van der Waals surface area (Å²) < 4.78 is 0. The molecule has 0 saturated heterocycles. The van der Waals surface area contributed by atoms with Crippen LogP contribution in [0.3, 0.4) is 0 Å². The highest BCUT2D eigenvalue weighted by atomic mass is 32.2. The lowest BCUT2D eigenvalue weighted by Gasteiger charge is -2.05. The van der Waals surface area contributed by atoms with Crippen LogP contribution in [0.15, 0.2) is 5.38 Å². The van der Waals surface area contributed by atoms with E-state index < -0.39 is 5.97 Å². The number of carboxylic acids is 1. The summed E-state index contributed by atoms with van der Waals surface area (Å²) in [4.78, 5) is 14.6. The quantitative estimate of drug-likeness (QED) is 0.798. The SMILES string of the molecule is CC(CN)CSCc1csc(C(=O)O)n1. The van der Waals surface area contributed by atoms with Crippen LogP contribution in [0.4, 0.5) is 0 Å². The van der Waals surface area contributed by atoms with Crippen molar-refractivity contribution in [2.75, 3.05) is 12.3 Å². The van der Waals surface area contributed by atoms with Gasteiger partial charge in [0.1, 0.15) is 0 Å². The summed E-state index contributed by atoms with van der Waals surface area (Å²) in [5.74, 6) is 1.28. The van der Waals surface area contributed by atoms with Gasteiger partial charge in [-0.2, -0.15) is 11.8 Å². The van der Waals surface area contributed by atoms with Crippen LogP contribution in [0.2, 0.25) is 0 Å². The lowest BCUT2D eigenvalue weighted by atomic mass is 10.2. The summed E-state index contributed by atoms with van der Waals surface area (Å²) in [7, 11) is 0. The molecule has 0 fully saturated rings. The van der Waals surface area contributed by atoms with Crippen molar-refractivity contribution in [3.63, 3.8) is 0 Å². The van der Waals surface area contributed by atoms with E-state index in [4.69, 9.17) is 10.8 Å². The predicted octanol–water partition coefficient (Wildman–Crippen LogP) is 1.67. The normalized spacial score (nSPS) is 12.7. The number of rotatable bonds is 6. The maximum Gasteiger partial charge on any atom is 0.365 e. The smallest absolute Gasteiger partial charge is 0.365 e. The highest BCUT2D eigenvalue weighted by Crippen LogP contribution is 2.17. The highest BCUT2D eigenvalue weighted by Gasteiger charge is 2.09. The summed E-state index contributed by atoms with van der Waals surface area (Å²) in [6, 6.07) is 0. The largest absolute Gasteiger partial charge is 0.476 e. The minimum atomic E-state index is -0.952. The van der Waals surface area contributed by atoms with Gasteiger partial charge in [-0.1, -0.05) is 6.92 Å². The number of hydrogen-bond donors (Lipinski definition) is 2. The molecule has 84 valence electrons. The first-order valence-electron chi connectivity index (χ1n) is 4.59. The molecule has 1 rings (SSSR count). The predicted molar refractivity (Wildman–Crippen MR) is 63.5 cm³/mol. The Bertz CT molecular complexity index is 328. The summed E-state index contributed by atoms with van der Waals surface area (Å²) >= 11 is 2.91. The second-order valence-electron chi connectivity index (χ2n) is 3.31. The lowest BCUT2D eigenvalue weighted by molar-refractivity contribution is 0.0696. The summed E-state index contributed by atoms with van der Waals surface area (Å²) in [6.45, 7) is 2.78. The number of thiazole rings is 1. The Balaban J connectivity index is 2.35. The average molecular weight is 246 g/mol. The number of aromatic carboxylic acids is 1. The van der Waals surface area contributed by atoms with Crippen molar-refractivity contribution in [2.24, 2.45) is 11.7 Å². The van der Waals surface area contributed by atoms with E-state index in [1.54, 1.807) is 17.1 Å². The third-order valence-corrected chi connectivity index (χ3v) is 3.97. The molecule has 0 aliphatic heterocycles. The Morgan fingerprint density at radius 1 is 1.80 bits per heavy atom. The van der Waals surface area contributed by atoms with Crippen LogP contribution in [0.5, 0.6) is 0 Å². The van der Waals surface area contributed by atoms with E-state index in [1.807, 2.05) is 0 Å². The van der Waals surface area contributed by atoms with E-state index in [0.29, 0.717) is 12.5 Å². The second-order valence-corrected chi connectivity index (χ2v) is 5.19. The van der Waals surface area contributed by atoms with E-state index in [-0.39, 0.29) is 5.01 Å². The van der Waals surface area contributed by atoms with Crippen LogP contribution < -0.4 is 5.73 Å². The molecule has 0 aromatic carbocycles. The van der Waals surface area contributed by atoms with Crippen LogP contribution in [-0.2, 0) is 5.75 Å². The molecule has 0 spiro atoms. The van der Waals surface area contributed by atoms with Crippen LogP contribution in [0.1, 0.15) is 22.4 Å². The Labute approximate surface area is 96.9 Å². The van der Waals surface area contributed by atoms with Gasteiger partial charge in [-0.3, -0.25) is 0 Å². The van der Waals surface area contributed by atoms with Gasteiger partial charge in [0.2, 0.25) is 5.01 Å². The zero-order chi connectivity index (χ0) is 11.3. The molecule has 1 aromatic rings. The van der Waals surface area contributed by atoms with Crippen molar-refractivity contribution in [3.8, 4) is 0 Å². The molecule has 0 aliphatic carbocycles. The minimum absolute atomic E-state index is 0.164. The molecule has 6 heteroatoms. The Hall–Kier alpha value is -0.590. The van der Waals surface area contributed by atoms with Gasteiger partial charge in [-0.25, -0.2) is 9.78 Å². The van der Waals surface area contributed by atoms with E-state index in [1.165, 1.54) is 11.3 Å². The first-order chi connectivity index (χ1) is 7.13. The van der Waals surface area contributed by atoms with Crippen LogP contribution in [0, 0.1) is 5.92 Å². The van der Waals surface area contributed by atoms with E-state index in [9.17, 15) is 4.79 Å². The summed E-state index contributed by atoms with van der Waals surface area (Å²) in [6.07, 6.45) is 0. The van der Waals surface area contributed by atoms with Crippen molar-refractivity contribution >= 4 is 29.1 Å². The van der Waals surface area contributed by atoms with Crippen molar-refractivity contribution in [3.05, 3.63) is 16.1 Å². The van der Waals surface area contributed by atoms with Gasteiger partial charge < -0.3 is 10.8 Å². The fourth-order valence-corrected chi connectivity index (χ4v) is 2.68. The Morgan fingerprint density at radius 2 is 2.53 bits per heavy atom. The molecule has 1 aromatic heterocycles. The van der Waals surface area contributed by atoms with Gasteiger partial charge in [-0.05, 0) is 18.2 Å². The van der Waals surface area contributed by atoms with Crippen LogP contribution in [-0.4, -0.2) is 28.4 Å². The fraction of sp³-hybridized carbons (Fsp3) is 0.556. The molecule has 3 N–H and O–H groups in total. The standard InChI is InChI=1S/C9H14N2O2S2/c1-6(2-10)3-14-4-7-5-15-8(11-7)9(12)13/h5-6H,2-4,10H2,1H3,(H,12,13). The number of aromatic nitrogens is 1. The lowest BCUT2D eigenvalue weighted by Crippen LogP contribution is -2.12. The van der Waals surface area contributed by atoms with Crippen molar-refractivity contribution in [1.82, 2.24) is 4.98 Å². The summed E-state index contributed by atoms with van der Waals surface area (Å²) in [5, 5.41) is 10.6. The van der Waals surface area contributed by atoms with Gasteiger partial charge >= 0.3 is 5.97 Å². The van der Waals surface area contributed by atoms with Gasteiger partial charge in [0.15, 0.2) is 0 Å². The monoisotopic (exact) mass is 246 g/mol. The topological polar surface area (TPSA) is 76.2 Å². The summed E-state index contributed by atoms with van der Waals surface area (Å²) in [5.41, 5.74) is 6.33. The van der Waals surface area contributed by atoms with Gasteiger partial charge in [0.25, 0.3) is 0 Å². The molecular weight excluding hydrogens is 232 g/mol. The van der Waals surface area contributed by atoms with Gasteiger partial charge in [0, 0.05) is 11.1 Å². The van der Waals surface area contributed by atoms with Crippen molar-refractivity contribution < 1.29 is 9.90 Å². The number of carbonyl (C=O) groups is 1. The van der Waals surface area contributed by atoms with Crippen molar-refractivity contribution in [1.29, 1.82) is 0 Å². The zero-order valence-corrected chi connectivity index (χ0v) is 10.1. The molecule has 15 heavy (non-hydrogen) atoms. The molecule has 0 radical (unpaired) electrons. The molecule has 1 heterocycles. The molecular formula is C9H14N2O2S2. The number of carboxylic acid groups (broad SMARTS) is 1. The molecule has 0 amide bonds. The van der Waals surface area contributed by atoms with E-state index in [0.717, 1.165) is 17.2 Å². The maximum atomic E-state index is 10.6. The average Bonchev–Trinajstić information content (AvgIpc) is 2.66. The third kappa shape index (κ3) is 4.19. The fourth-order valence-electron chi connectivity index (χ4n) is 0.904. The van der Waals surface area contributed by atoms with Crippen LogP contribution >= 0.6 is 23.1 Å². The zero-order valence-electron chi connectivity index (χ0n) is 8.47. The molecule has 0 saturated carbocycles. The number of nitrogens with zero attached hydrogens (tertiary/aromatic N) is 1. The second kappa shape index (κ2) is 6.09. The molecule has 0 aliphatic rings. The molecule has 4 nitrogen and oxygen atoms in total. The molecule has 1 unspecified atom stereocenters. The Kier molecular flexibility index (Phi) is 5.07. The van der Waals surface area contributed by atoms with Gasteiger partial charge in [0.05, 0.1) is 5.69 Å². The third-order valence-electron chi connectivity index (χ3n) is 1.79. The molecule has 0 bridgehead atoms. The first-order valence-corrected chi connectivity index (χ1v) is 6.62. The van der Waals surface area contributed by atoms with Crippen molar-refractivity contribution in [2.45, 2.75) is 12.7 Å². The number of nitrogens with two attached hydrogens (primary N) is 1. The first kappa shape index (κ1) is 12.5. The van der Waals surface area contributed by atoms with Crippen LogP contribution in [0.25, 0.3) is 0 Å². The van der Waals surface area contributed by atoms with E-state index in [2.05, 4.69) is 11.9 Å². The number of thioether (sulfide) groups is 1. The minimum Gasteiger partial charge on any atom is -0.476 e. The highest BCUT2D eigenvalue weighted by molar-refractivity contribution is 7.98. The maximum absolute atomic E-state index is 10.6. The molecule has 1 atom stereocenters. The number of hydrogen-bond acceptors (Lipinski definition) is 5. The van der Waals surface area contributed by atoms with E-state index >= 15 is 0 Å². The Morgan fingerprint density at radius 3 is 3.07 bits per heavy atom.